The van der Waals surface area contributed by atoms with Crippen LogP contribution in [0.1, 0.15) is 57.1 Å². The van der Waals surface area contributed by atoms with E-state index in [0.29, 0.717) is 32.1 Å². The predicted molar refractivity (Wildman–Crippen MR) is 149 cm³/mol. The Morgan fingerprint density at radius 3 is 2.50 bits per heavy atom. The zero-order chi connectivity index (χ0) is 26.8. The van der Waals surface area contributed by atoms with E-state index >= 15 is 0 Å². The van der Waals surface area contributed by atoms with Gasteiger partial charge in [-0.25, -0.2) is 0 Å². The van der Waals surface area contributed by atoms with Crippen LogP contribution in [0.15, 0.2) is 65.7 Å². The SMILES string of the molecule is CCCN1C(=O)[C@@H]2[C@@H](CC(CC)=C3[C@@H](CC/C(=C/c4ccccc4O)c4ccccc4)OB(O)C[C@@H]32)C1=O. The molecule has 0 bridgehead atoms. The molecule has 0 spiro atoms. The van der Waals surface area contributed by atoms with Gasteiger partial charge < -0.3 is 14.8 Å². The zero-order valence-corrected chi connectivity index (χ0v) is 22.2. The predicted octanol–water partition coefficient (Wildman–Crippen LogP) is 5.33. The summed E-state index contributed by atoms with van der Waals surface area (Å²) in [6.07, 6.45) is 5.42. The average molecular weight is 513 g/mol. The number of phenolic OH excluding ortho intramolecular Hbond substituents is 1. The minimum atomic E-state index is -0.976. The Morgan fingerprint density at radius 2 is 1.79 bits per heavy atom. The average Bonchev–Trinajstić information content (AvgIpc) is 3.16. The Kier molecular flexibility index (Phi) is 7.87. The van der Waals surface area contributed by atoms with Crippen LogP contribution < -0.4 is 0 Å². The molecular weight excluding hydrogens is 477 g/mol. The molecule has 0 aromatic heterocycles. The molecule has 2 saturated heterocycles. The van der Waals surface area contributed by atoms with Crippen LogP contribution in [-0.2, 0) is 14.2 Å². The van der Waals surface area contributed by atoms with Gasteiger partial charge in [-0.1, -0.05) is 68.0 Å². The fourth-order valence-corrected chi connectivity index (χ4v) is 6.65. The summed E-state index contributed by atoms with van der Waals surface area (Å²) in [6, 6.07) is 17.3. The van der Waals surface area contributed by atoms with E-state index in [1.165, 1.54) is 10.5 Å². The van der Waals surface area contributed by atoms with Crippen molar-refractivity contribution < 1.29 is 24.4 Å². The van der Waals surface area contributed by atoms with Gasteiger partial charge in [0.25, 0.3) is 0 Å². The maximum atomic E-state index is 13.4. The summed E-state index contributed by atoms with van der Waals surface area (Å²) >= 11 is 0. The van der Waals surface area contributed by atoms with Gasteiger partial charge >= 0.3 is 7.12 Å². The smallest absolute Gasteiger partial charge is 0.455 e. The molecule has 3 aliphatic rings. The minimum Gasteiger partial charge on any atom is -0.507 e. The first-order valence-corrected chi connectivity index (χ1v) is 13.9. The molecule has 5 rings (SSSR count). The van der Waals surface area contributed by atoms with E-state index in [4.69, 9.17) is 4.65 Å². The summed E-state index contributed by atoms with van der Waals surface area (Å²) in [5.74, 6) is -0.841. The second kappa shape index (κ2) is 11.3. The summed E-state index contributed by atoms with van der Waals surface area (Å²) in [5.41, 5.74) is 5.17. The number of nitrogens with zero attached hydrogens (tertiary/aromatic N) is 1. The summed E-state index contributed by atoms with van der Waals surface area (Å²) in [4.78, 5) is 28.0. The highest BCUT2D eigenvalue weighted by atomic mass is 16.5. The number of benzene rings is 2. The Balaban J connectivity index is 1.46. The molecule has 6 nitrogen and oxygen atoms in total. The lowest BCUT2D eigenvalue weighted by molar-refractivity contribution is -0.140. The maximum Gasteiger partial charge on any atom is 0.455 e. The van der Waals surface area contributed by atoms with Crippen LogP contribution in [0, 0.1) is 17.8 Å². The second-order valence-electron chi connectivity index (χ2n) is 10.6. The molecule has 38 heavy (non-hydrogen) atoms. The number of phenols is 1. The van der Waals surface area contributed by atoms with Crippen LogP contribution in [0.4, 0.5) is 0 Å². The van der Waals surface area contributed by atoms with Crippen molar-refractivity contribution in [2.24, 2.45) is 17.8 Å². The number of imide groups is 1. The third-order valence-electron chi connectivity index (χ3n) is 8.36. The van der Waals surface area contributed by atoms with Gasteiger partial charge in [0, 0.05) is 12.1 Å². The zero-order valence-electron chi connectivity index (χ0n) is 22.2. The molecule has 198 valence electrons. The van der Waals surface area contributed by atoms with E-state index in [2.05, 4.69) is 19.1 Å². The van der Waals surface area contributed by atoms with Gasteiger partial charge in [0.2, 0.25) is 11.8 Å². The highest BCUT2D eigenvalue weighted by Gasteiger charge is 2.56. The topological polar surface area (TPSA) is 87.1 Å². The van der Waals surface area contributed by atoms with Crippen LogP contribution in [0.25, 0.3) is 11.6 Å². The Morgan fingerprint density at radius 1 is 1.05 bits per heavy atom. The van der Waals surface area contributed by atoms with Crippen LogP contribution in [-0.4, -0.2) is 46.6 Å². The van der Waals surface area contributed by atoms with Crippen molar-refractivity contribution >= 4 is 30.6 Å². The summed E-state index contributed by atoms with van der Waals surface area (Å²) in [7, 11) is -0.976. The molecule has 2 aromatic carbocycles. The molecule has 0 saturated carbocycles. The number of allylic oxidation sites excluding steroid dienone is 2. The molecule has 4 atom stereocenters. The molecule has 7 heteroatoms. The number of amides is 2. The van der Waals surface area contributed by atoms with Gasteiger partial charge in [0.05, 0.1) is 17.9 Å². The van der Waals surface area contributed by atoms with Crippen LogP contribution in [0.2, 0.25) is 6.32 Å². The quantitative estimate of drug-likeness (QED) is 0.216. The molecule has 0 unspecified atom stereocenters. The van der Waals surface area contributed by atoms with Crippen LogP contribution in [0.3, 0.4) is 0 Å². The standard InChI is InChI=1S/C31H36BNO5/c1-3-16-33-30(35)24-18-20(4-2)28-25(29(24)31(33)36)19-32(37)38-27(28)15-14-22(21-10-6-5-7-11-21)17-23-12-8-9-13-26(23)34/h5-13,17,24-25,27,29,34,37H,3-4,14-16,18-19H2,1-2H3/b22-17-/t24-,25+,27-,29-/m1/s1. The number of rotatable bonds is 8. The molecule has 2 amide bonds. The Hall–Kier alpha value is -3.16. The lowest BCUT2D eigenvalue weighted by Gasteiger charge is -2.43. The number of hydrogen-bond acceptors (Lipinski definition) is 5. The van der Waals surface area contributed by atoms with Crippen molar-refractivity contribution in [1.82, 2.24) is 4.90 Å². The molecule has 2 aliphatic heterocycles. The molecule has 2 fully saturated rings. The van der Waals surface area contributed by atoms with Crippen LogP contribution >= 0.6 is 0 Å². The summed E-state index contributed by atoms with van der Waals surface area (Å²) < 4.78 is 6.14. The number of aromatic hydroxyl groups is 1. The highest BCUT2D eigenvalue weighted by Crippen LogP contribution is 2.51. The normalized spacial score (nSPS) is 25.6. The van der Waals surface area contributed by atoms with Gasteiger partial charge in [-0.05, 0) is 73.2 Å². The van der Waals surface area contributed by atoms with E-state index in [1.54, 1.807) is 12.1 Å². The summed E-state index contributed by atoms with van der Waals surface area (Å²) in [5, 5.41) is 21.2. The molecule has 2 N–H and O–H groups in total. The van der Waals surface area contributed by atoms with E-state index in [1.807, 2.05) is 43.3 Å². The summed E-state index contributed by atoms with van der Waals surface area (Å²) in [6.45, 7) is 4.53. The number of fused-ring (bicyclic) bond motifs is 3. The Bertz CT molecular complexity index is 1260. The van der Waals surface area contributed by atoms with E-state index in [0.717, 1.165) is 35.1 Å². The van der Waals surface area contributed by atoms with Crippen molar-refractivity contribution in [2.75, 3.05) is 6.54 Å². The lowest BCUT2D eigenvalue weighted by Crippen LogP contribution is -2.46. The largest absolute Gasteiger partial charge is 0.507 e. The lowest BCUT2D eigenvalue weighted by atomic mass is 9.58. The first-order chi connectivity index (χ1) is 18.4. The van der Waals surface area contributed by atoms with Gasteiger partial charge in [-0.15, -0.1) is 0 Å². The van der Waals surface area contributed by atoms with Crippen molar-refractivity contribution in [3.8, 4) is 5.75 Å². The van der Waals surface area contributed by atoms with E-state index in [-0.39, 0.29) is 35.5 Å². The highest BCUT2D eigenvalue weighted by molar-refractivity contribution is 6.43. The van der Waals surface area contributed by atoms with Crippen LogP contribution in [0.5, 0.6) is 5.75 Å². The first kappa shape index (κ1) is 26.5. The third-order valence-corrected chi connectivity index (χ3v) is 8.36. The van der Waals surface area contributed by atoms with E-state index in [9.17, 15) is 19.7 Å². The minimum absolute atomic E-state index is 0.0543. The van der Waals surface area contributed by atoms with Gasteiger partial charge in [0.15, 0.2) is 0 Å². The molecule has 2 aromatic rings. The second-order valence-corrected chi connectivity index (χ2v) is 10.6. The fourth-order valence-electron chi connectivity index (χ4n) is 6.65. The number of para-hydroxylation sites is 1. The maximum absolute atomic E-state index is 13.4. The van der Waals surface area contributed by atoms with Crippen molar-refractivity contribution in [1.29, 1.82) is 0 Å². The molecule has 0 radical (unpaired) electrons. The van der Waals surface area contributed by atoms with E-state index < -0.39 is 13.0 Å². The van der Waals surface area contributed by atoms with Gasteiger partial charge in [-0.3, -0.25) is 14.5 Å². The number of carbonyl (C=O) groups excluding carboxylic acids is 2. The third kappa shape index (κ3) is 4.97. The molecule has 1 aliphatic carbocycles. The van der Waals surface area contributed by atoms with Gasteiger partial charge in [0.1, 0.15) is 5.75 Å². The first-order valence-electron chi connectivity index (χ1n) is 13.9. The van der Waals surface area contributed by atoms with Gasteiger partial charge in [-0.2, -0.15) is 0 Å². The number of hydrogen-bond donors (Lipinski definition) is 2. The van der Waals surface area contributed by atoms with Crippen molar-refractivity contribution in [3.05, 3.63) is 76.9 Å². The number of likely N-dealkylation sites (tertiary alicyclic amines) is 1. The monoisotopic (exact) mass is 513 g/mol. The van der Waals surface area contributed by atoms with Crippen molar-refractivity contribution in [2.45, 2.75) is 58.4 Å². The van der Waals surface area contributed by atoms with Crippen molar-refractivity contribution in [3.63, 3.8) is 0 Å². The number of carbonyl (C=O) groups is 2. The Labute approximate surface area is 225 Å². The molecule has 2 heterocycles. The molecular formula is C31H36BNO5. The fraction of sp³-hybridized carbons (Fsp3) is 0.419.